The minimum absolute atomic E-state index is 0.0426. The number of benzene rings is 1. The Kier molecular flexibility index (Phi) is 8.05. The number of ether oxygens (including phenoxy) is 1. The van der Waals surface area contributed by atoms with Gasteiger partial charge in [-0.3, -0.25) is 14.6 Å². The van der Waals surface area contributed by atoms with Crippen molar-refractivity contribution in [3.63, 3.8) is 0 Å². The van der Waals surface area contributed by atoms with Crippen LogP contribution in [-0.4, -0.2) is 78.5 Å². The Morgan fingerprint density at radius 2 is 2.14 bits per heavy atom. The molecule has 1 aromatic carbocycles. The number of hydrogen-bond acceptors (Lipinski definition) is 6. The number of amides is 2. The summed E-state index contributed by atoms with van der Waals surface area (Å²) in [7, 11) is 5.29. The molecule has 2 aromatic heterocycles. The Hall–Kier alpha value is -4.62. The predicted octanol–water partition coefficient (Wildman–Crippen LogP) is 3.96. The van der Waals surface area contributed by atoms with E-state index in [-0.39, 0.29) is 29.0 Å². The lowest BCUT2D eigenvalue weighted by Crippen LogP contribution is -2.62. The molecule has 3 aromatic rings. The van der Waals surface area contributed by atoms with Gasteiger partial charge in [0.25, 0.3) is 5.91 Å². The van der Waals surface area contributed by atoms with E-state index in [9.17, 15) is 14.0 Å². The molecule has 1 fully saturated rings. The minimum atomic E-state index is -0.521. The predicted molar refractivity (Wildman–Crippen MR) is 160 cm³/mol. The van der Waals surface area contributed by atoms with Crippen molar-refractivity contribution < 1.29 is 18.7 Å². The third-order valence-corrected chi connectivity index (χ3v) is 7.47. The molecule has 0 saturated carbocycles. The number of carbonyl (C=O) groups excluding carboxylic acids is 2. The van der Waals surface area contributed by atoms with E-state index < -0.39 is 5.82 Å². The molecule has 0 radical (unpaired) electrons. The van der Waals surface area contributed by atoms with Crippen LogP contribution in [0.5, 0.6) is 5.75 Å². The van der Waals surface area contributed by atoms with E-state index in [4.69, 9.17) is 4.74 Å². The summed E-state index contributed by atoms with van der Waals surface area (Å²) in [6.07, 6.45) is 7.39. The standard InChI is InChI=1S/C32H35FN6O3/c1-32(2)19-39(26(40)10-7-17-38(3)4)25(32)12-11-20-18-34-15-13-21(20)28-29(27-23(36-28)14-16-35-31(27)41)37-24-9-6-8-22(33)30(24)42-5/h6-10,13,15,18,25,36-37H,14,16-17,19H2,1-5H3,(H,35,41)/b10-7+/t25-/m1/s1. The van der Waals surface area contributed by atoms with E-state index in [2.05, 4.69) is 46.3 Å². The van der Waals surface area contributed by atoms with Crippen molar-refractivity contribution in [2.75, 3.05) is 46.2 Å². The average Bonchev–Trinajstić information content (AvgIpc) is 3.31. The van der Waals surface area contributed by atoms with Crippen molar-refractivity contribution in [1.82, 2.24) is 25.1 Å². The molecule has 0 spiro atoms. The Bertz CT molecular complexity index is 1610. The molecule has 2 aliphatic heterocycles. The molecule has 42 heavy (non-hydrogen) atoms. The van der Waals surface area contributed by atoms with Crippen LogP contribution in [0.2, 0.25) is 0 Å². The number of aromatic amines is 1. The SMILES string of the molecule is COc1c(F)cccc1Nc1c(-c2ccncc2C#C[C@H]2N(C(=O)/C=C/CN(C)C)CC2(C)C)[nH]c2c1C(=O)NCC2. The lowest BCUT2D eigenvalue weighted by atomic mass is 9.75. The van der Waals surface area contributed by atoms with Gasteiger partial charge in [0.05, 0.1) is 35.3 Å². The highest BCUT2D eigenvalue weighted by molar-refractivity contribution is 6.06. The zero-order valence-corrected chi connectivity index (χ0v) is 24.5. The smallest absolute Gasteiger partial charge is 0.255 e. The first kappa shape index (κ1) is 28.9. The van der Waals surface area contributed by atoms with Gasteiger partial charge in [0, 0.05) is 61.2 Å². The average molecular weight is 571 g/mol. The first-order valence-electron chi connectivity index (χ1n) is 13.8. The Morgan fingerprint density at radius 1 is 1.33 bits per heavy atom. The normalized spacial score (nSPS) is 17.3. The van der Waals surface area contributed by atoms with Gasteiger partial charge in [0.15, 0.2) is 11.6 Å². The van der Waals surface area contributed by atoms with Gasteiger partial charge in [-0.1, -0.05) is 37.8 Å². The number of halogens is 1. The van der Waals surface area contributed by atoms with Crippen LogP contribution >= 0.6 is 0 Å². The fourth-order valence-electron chi connectivity index (χ4n) is 5.38. The Morgan fingerprint density at radius 3 is 2.88 bits per heavy atom. The van der Waals surface area contributed by atoms with Crippen LogP contribution < -0.4 is 15.4 Å². The number of nitrogens with zero attached hydrogens (tertiary/aromatic N) is 3. The maximum Gasteiger partial charge on any atom is 0.255 e. The third kappa shape index (κ3) is 5.60. The fourth-order valence-corrected chi connectivity index (χ4v) is 5.38. The van der Waals surface area contributed by atoms with E-state index >= 15 is 0 Å². The lowest BCUT2D eigenvalue weighted by molar-refractivity contribution is -0.140. The molecule has 10 heteroatoms. The second-order valence-corrected chi connectivity index (χ2v) is 11.4. The molecule has 3 N–H and O–H groups in total. The van der Waals surface area contributed by atoms with Gasteiger partial charge in [-0.25, -0.2) is 4.39 Å². The Balaban J connectivity index is 1.54. The summed E-state index contributed by atoms with van der Waals surface area (Å²) in [6, 6.07) is 6.13. The first-order valence-corrected chi connectivity index (χ1v) is 13.8. The van der Waals surface area contributed by atoms with Crippen molar-refractivity contribution in [3.05, 3.63) is 71.4 Å². The van der Waals surface area contributed by atoms with E-state index in [1.165, 1.54) is 13.2 Å². The van der Waals surface area contributed by atoms with Crippen molar-refractivity contribution in [2.45, 2.75) is 26.3 Å². The zero-order chi connectivity index (χ0) is 30.0. The van der Waals surface area contributed by atoms with Gasteiger partial charge in [-0.05, 0) is 32.3 Å². The molecule has 0 unspecified atom stereocenters. The van der Waals surface area contributed by atoms with Gasteiger partial charge in [-0.15, -0.1) is 0 Å². The highest BCUT2D eigenvalue weighted by Gasteiger charge is 2.46. The van der Waals surface area contributed by atoms with Crippen LogP contribution in [0.1, 0.15) is 35.5 Å². The van der Waals surface area contributed by atoms with E-state index in [1.807, 2.05) is 31.1 Å². The minimum Gasteiger partial charge on any atom is -0.492 e. The Labute approximate surface area is 245 Å². The summed E-state index contributed by atoms with van der Waals surface area (Å²) < 4.78 is 19.9. The molecule has 1 saturated heterocycles. The second-order valence-electron chi connectivity index (χ2n) is 11.4. The number of likely N-dealkylation sites (tertiary alicyclic amines) is 1. The molecule has 218 valence electrons. The number of methoxy groups -OCH3 is 1. The maximum atomic E-state index is 14.5. The molecule has 1 atom stereocenters. The molecule has 2 aliphatic rings. The van der Waals surface area contributed by atoms with Gasteiger partial charge in [-0.2, -0.15) is 0 Å². The molecule has 4 heterocycles. The first-order chi connectivity index (χ1) is 20.1. The van der Waals surface area contributed by atoms with E-state index in [0.717, 1.165) is 11.3 Å². The molecule has 9 nitrogen and oxygen atoms in total. The van der Waals surface area contributed by atoms with E-state index in [0.29, 0.717) is 54.3 Å². The molecule has 0 bridgehead atoms. The molecular weight excluding hydrogens is 535 g/mol. The number of anilines is 2. The summed E-state index contributed by atoms with van der Waals surface area (Å²) in [6.45, 7) is 5.97. The van der Waals surface area contributed by atoms with Crippen LogP contribution in [0.15, 0.2) is 48.8 Å². The topological polar surface area (TPSA) is 103 Å². The fraction of sp³-hybridized carbons (Fsp3) is 0.344. The van der Waals surface area contributed by atoms with Gasteiger partial charge >= 0.3 is 0 Å². The van der Waals surface area contributed by atoms with Crippen LogP contribution in [0.3, 0.4) is 0 Å². The highest BCUT2D eigenvalue weighted by Crippen LogP contribution is 2.41. The van der Waals surface area contributed by atoms with Crippen LogP contribution in [0.4, 0.5) is 15.8 Å². The van der Waals surface area contributed by atoms with Gasteiger partial charge < -0.3 is 30.2 Å². The molecular formula is C32H35FN6O3. The van der Waals surface area contributed by atoms with Crippen molar-refractivity contribution in [2.24, 2.45) is 5.41 Å². The van der Waals surface area contributed by atoms with Crippen LogP contribution in [0, 0.1) is 23.1 Å². The largest absolute Gasteiger partial charge is 0.492 e. The number of nitrogens with one attached hydrogen (secondary N) is 3. The monoisotopic (exact) mass is 570 g/mol. The summed E-state index contributed by atoms with van der Waals surface area (Å²) >= 11 is 0. The van der Waals surface area contributed by atoms with Crippen LogP contribution in [-0.2, 0) is 11.2 Å². The molecule has 5 rings (SSSR count). The summed E-state index contributed by atoms with van der Waals surface area (Å²) in [5.41, 5.74) is 3.90. The summed E-state index contributed by atoms with van der Waals surface area (Å²) in [4.78, 5) is 37.4. The number of carbonyl (C=O) groups is 2. The van der Waals surface area contributed by atoms with Crippen molar-refractivity contribution >= 4 is 23.2 Å². The summed E-state index contributed by atoms with van der Waals surface area (Å²) in [5.74, 6) is 5.81. The van der Waals surface area contributed by atoms with Crippen molar-refractivity contribution in [3.8, 4) is 28.8 Å². The summed E-state index contributed by atoms with van der Waals surface area (Å²) in [5, 5.41) is 6.15. The lowest BCUT2D eigenvalue weighted by Gasteiger charge is -2.51. The number of likely N-dealkylation sites (N-methyl/N-ethyl adjacent to an activating group) is 1. The third-order valence-electron chi connectivity index (χ3n) is 7.47. The van der Waals surface area contributed by atoms with Gasteiger partial charge in [0.1, 0.15) is 6.04 Å². The number of pyridine rings is 1. The van der Waals surface area contributed by atoms with Crippen molar-refractivity contribution in [1.29, 1.82) is 0 Å². The van der Waals surface area contributed by atoms with E-state index in [1.54, 1.807) is 35.5 Å². The number of hydrogen-bond donors (Lipinski definition) is 3. The highest BCUT2D eigenvalue weighted by atomic mass is 19.1. The number of para-hydroxylation sites is 1. The number of rotatable bonds is 7. The number of fused-ring (bicyclic) bond motifs is 1. The maximum absolute atomic E-state index is 14.5. The second kappa shape index (κ2) is 11.7. The number of aromatic nitrogens is 2. The number of H-pyrrole nitrogens is 1. The molecule has 0 aliphatic carbocycles. The zero-order valence-electron chi connectivity index (χ0n) is 24.5. The quantitative estimate of drug-likeness (QED) is 0.294. The van der Waals surface area contributed by atoms with Gasteiger partial charge in [0.2, 0.25) is 5.91 Å². The van der Waals surface area contributed by atoms with Crippen LogP contribution in [0.25, 0.3) is 11.3 Å². The molecule has 2 amide bonds.